The predicted molar refractivity (Wildman–Crippen MR) is 73.6 cm³/mol. The number of ether oxygens (including phenoxy) is 1. The van der Waals surface area contributed by atoms with Crippen molar-refractivity contribution in [3.05, 3.63) is 34.9 Å². The summed E-state index contributed by atoms with van der Waals surface area (Å²) < 4.78 is 5.04. The summed E-state index contributed by atoms with van der Waals surface area (Å²) in [6.07, 6.45) is 0.334. The molecule has 100 valence electrons. The Bertz CT molecular complexity index is 408. The van der Waals surface area contributed by atoms with E-state index in [0.717, 1.165) is 5.56 Å². The number of hydrogen-bond acceptors (Lipinski definition) is 3. The second-order valence-electron chi connectivity index (χ2n) is 4.94. The third kappa shape index (κ3) is 3.57. The van der Waals surface area contributed by atoms with Crippen LogP contribution in [0.15, 0.2) is 18.2 Å². The number of carbonyl (C=O) groups excluding carboxylic acids is 1. The van der Waals surface area contributed by atoms with Crippen LogP contribution >= 0.6 is 0 Å². The Morgan fingerprint density at radius 1 is 1.28 bits per heavy atom. The molecule has 0 aliphatic rings. The molecule has 0 saturated carbocycles. The van der Waals surface area contributed by atoms with Crippen LogP contribution in [0.4, 0.5) is 0 Å². The van der Waals surface area contributed by atoms with Gasteiger partial charge in [0.1, 0.15) is 0 Å². The van der Waals surface area contributed by atoms with Gasteiger partial charge in [-0.1, -0.05) is 29.3 Å². The monoisotopic (exact) mass is 249 g/mol. The molecule has 1 N–H and O–H groups in total. The minimum atomic E-state index is -0.386. The zero-order valence-corrected chi connectivity index (χ0v) is 12.0. The van der Waals surface area contributed by atoms with Gasteiger partial charge >= 0.3 is 5.97 Å². The van der Waals surface area contributed by atoms with E-state index < -0.39 is 0 Å². The van der Waals surface area contributed by atoms with Gasteiger partial charge in [-0.25, -0.2) is 0 Å². The predicted octanol–water partition coefficient (Wildman–Crippen LogP) is 2.69. The van der Waals surface area contributed by atoms with Gasteiger partial charge in [-0.2, -0.15) is 0 Å². The molecule has 3 heteroatoms. The van der Waals surface area contributed by atoms with Gasteiger partial charge in [0.2, 0.25) is 0 Å². The van der Waals surface area contributed by atoms with E-state index in [1.165, 1.54) is 11.1 Å². The number of aryl methyl sites for hydroxylation is 2. The van der Waals surface area contributed by atoms with E-state index in [4.69, 9.17) is 4.74 Å². The van der Waals surface area contributed by atoms with Crippen molar-refractivity contribution >= 4 is 5.97 Å². The lowest BCUT2D eigenvalue weighted by atomic mass is 9.87. The SMILES string of the molecule is CCOC(=O)CC(C)(NC)c1cc(C)cc(C)c1. The summed E-state index contributed by atoms with van der Waals surface area (Å²) in [5.41, 5.74) is 3.14. The molecule has 3 nitrogen and oxygen atoms in total. The summed E-state index contributed by atoms with van der Waals surface area (Å²) in [7, 11) is 1.87. The van der Waals surface area contributed by atoms with E-state index in [1.54, 1.807) is 0 Å². The van der Waals surface area contributed by atoms with E-state index in [2.05, 4.69) is 37.4 Å². The highest BCUT2D eigenvalue weighted by Gasteiger charge is 2.28. The normalized spacial score (nSPS) is 14.1. The number of carbonyl (C=O) groups is 1. The van der Waals surface area contributed by atoms with Gasteiger partial charge in [-0.05, 0) is 40.3 Å². The molecule has 0 amide bonds. The van der Waals surface area contributed by atoms with Crippen LogP contribution in [0.1, 0.15) is 37.0 Å². The fourth-order valence-electron chi connectivity index (χ4n) is 2.13. The van der Waals surface area contributed by atoms with Crippen molar-refractivity contribution < 1.29 is 9.53 Å². The first-order chi connectivity index (χ1) is 8.41. The summed E-state index contributed by atoms with van der Waals surface area (Å²) in [5.74, 6) is -0.173. The van der Waals surface area contributed by atoms with Crippen LogP contribution in [0.5, 0.6) is 0 Å². The molecule has 1 unspecified atom stereocenters. The second kappa shape index (κ2) is 6.01. The number of benzene rings is 1. The highest BCUT2D eigenvalue weighted by Crippen LogP contribution is 2.26. The third-order valence-electron chi connectivity index (χ3n) is 3.21. The van der Waals surface area contributed by atoms with Crippen LogP contribution in [0.3, 0.4) is 0 Å². The Balaban J connectivity index is 3.02. The van der Waals surface area contributed by atoms with Crippen LogP contribution in [0, 0.1) is 13.8 Å². The molecule has 0 saturated heterocycles. The van der Waals surface area contributed by atoms with Gasteiger partial charge < -0.3 is 10.1 Å². The number of esters is 1. The van der Waals surface area contributed by atoms with Gasteiger partial charge in [0.05, 0.1) is 18.6 Å². The molecule has 18 heavy (non-hydrogen) atoms. The van der Waals surface area contributed by atoms with Crippen molar-refractivity contribution in [3.8, 4) is 0 Å². The van der Waals surface area contributed by atoms with Crippen LogP contribution in [0.2, 0.25) is 0 Å². The Kier molecular flexibility index (Phi) is 4.91. The van der Waals surface area contributed by atoms with Crippen LogP contribution in [-0.2, 0) is 15.1 Å². The second-order valence-corrected chi connectivity index (χ2v) is 4.94. The molecular formula is C15H23NO2. The van der Waals surface area contributed by atoms with E-state index in [0.29, 0.717) is 13.0 Å². The molecule has 1 rings (SSSR count). The first-order valence-corrected chi connectivity index (χ1v) is 6.34. The Hall–Kier alpha value is -1.35. The fraction of sp³-hybridized carbons (Fsp3) is 0.533. The van der Waals surface area contributed by atoms with Gasteiger partial charge in [0, 0.05) is 0 Å². The maximum atomic E-state index is 11.7. The molecular weight excluding hydrogens is 226 g/mol. The highest BCUT2D eigenvalue weighted by atomic mass is 16.5. The summed E-state index contributed by atoms with van der Waals surface area (Å²) in [4.78, 5) is 11.7. The zero-order chi connectivity index (χ0) is 13.8. The average molecular weight is 249 g/mol. The minimum Gasteiger partial charge on any atom is -0.466 e. The summed E-state index contributed by atoms with van der Waals surface area (Å²) in [6, 6.07) is 6.36. The van der Waals surface area contributed by atoms with Gasteiger partial charge in [0.15, 0.2) is 0 Å². The van der Waals surface area contributed by atoms with Crippen molar-refractivity contribution in [2.24, 2.45) is 0 Å². The Morgan fingerprint density at radius 3 is 2.28 bits per heavy atom. The van der Waals surface area contributed by atoms with Crippen molar-refractivity contribution in [1.82, 2.24) is 5.32 Å². The smallest absolute Gasteiger partial charge is 0.307 e. The fourth-order valence-corrected chi connectivity index (χ4v) is 2.13. The van der Waals surface area contributed by atoms with Crippen molar-refractivity contribution in [2.75, 3.05) is 13.7 Å². The molecule has 0 radical (unpaired) electrons. The molecule has 0 heterocycles. The zero-order valence-electron chi connectivity index (χ0n) is 12.0. The van der Waals surface area contributed by atoms with E-state index in [-0.39, 0.29) is 11.5 Å². The Morgan fingerprint density at radius 2 is 1.83 bits per heavy atom. The molecule has 0 bridgehead atoms. The quantitative estimate of drug-likeness (QED) is 0.815. The molecule has 0 aliphatic heterocycles. The molecule has 1 aromatic carbocycles. The van der Waals surface area contributed by atoms with Crippen LogP contribution in [0.25, 0.3) is 0 Å². The maximum absolute atomic E-state index is 11.7. The number of rotatable bonds is 5. The molecule has 0 aliphatic carbocycles. The summed E-state index contributed by atoms with van der Waals surface area (Å²) in [6.45, 7) is 8.41. The average Bonchev–Trinajstić information content (AvgIpc) is 2.27. The molecule has 1 aromatic rings. The number of nitrogens with one attached hydrogen (secondary N) is 1. The van der Waals surface area contributed by atoms with Crippen molar-refractivity contribution in [1.29, 1.82) is 0 Å². The van der Waals surface area contributed by atoms with Crippen LogP contribution in [-0.4, -0.2) is 19.6 Å². The van der Waals surface area contributed by atoms with Crippen LogP contribution < -0.4 is 5.32 Å². The molecule has 0 fully saturated rings. The van der Waals surface area contributed by atoms with E-state index in [1.807, 2.05) is 20.9 Å². The van der Waals surface area contributed by atoms with Gasteiger partial charge in [-0.3, -0.25) is 4.79 Å². The largest absolute Gasteiger partial charge is 0.466 e. The molecule has 0 aromatic heterocycles. The lowest BCUT2D eigenvalue weighted by Gasteiger charge is -2.29. The first-order valence-electron chi connectivity index (χ1n) is 6.34. The van der Waals surface area contributed by atoms with Gasteiger partial charge in [-0.15, -0.1) is 0 Å². The lowest BCUT2D eigenvalue weighted by Crippen LogP contribution is -2.39. The first kappa shape index (κ1) is 14.7. The van der Waals surface area contributed by atoms with Crippen molar-refractivity contribution in [2.45, 2.75) is 39.7 Å². The van der Waals surface area contributed by atoms with E-state index in [9.17, 15) is 4.79 Å². The Labute approximate surface area is 110 Å². The summed E-state index contributed by atoms with van der Waals surface area (Å²) >= 11 is 0. The van der Waals surface area contributed by atoms with Crippen molar-refractivity contribution in [3.63, 3.8) is 0 Å². The molecule has 0 spiro atoms. The number of hydrogen-bond donors (Lipinski definition) is 1. The molecule has 1 atom stereocenters. The lowest BCUT2D eigenvalue weighted by molar-refractivity contribution is -0.144. The topological polar surface area (TPSA) is 38.3 Å². The minimum absolute atomic E-state index is 0.173. The standard InChI is InChI=1S/C15H23NO2/c1-6-18-14(17)10-15(4,16-5)13-8-11(2)7-12(3)9-13/h7-9,16H,6,10H2,1-5H3. The summed E-state index contributed by atoms with van der Waals surface area (Å²) in [5, 5.41) is 3.24. The van der Waals surface area contributed by atoms with Gasteiger partial charge in [0.25, 0.3) is 0 Å². The maximum Gasteiger partial charge on any atom is 0.307 e. The highest BCUT2D eigenvalue weighted by molar-refractivity contribution is 5.71. The third-order valence-corrected chi connectivity index (χ3v) is 3.21. The van der Waals surface area contributed by atoms with E-state index >= 15 is 0 Å².